The second kappa shape index (κ2) is 5.35. The molecule has 1 amide bonds. The van der Waals surface area contributed by atoms with E-state index in [4.69, 9.17) is 0 Å². The van der Waals surface area contributed by atoms with Crippen molar-refractivity contribution in [3.8, 4) is 0 Å². The molecule has 0 radical (unpaired) electrons. The lowest BCUT2D eigenvalue weighted by Crippen LogP contribution is -2.30. The van der Waals surface area contributed by atoms with Gasteiger partial charge in [-0.05, 0) is 56.9 Å². The zero-order valence-electron chi connectivity index (χ0n) is 13.5. The third-order valence-corrected chi connectivity index (χ3v) is 4.38. The molecule has 1 heterocycles. The maximum absolute atomic E-state index is 12.8. The molecule has 0 bridgehead atoms. The Hall–Kier alpha value is -2.10. The van der Waals surface area contributed by atoms with Gasteiger partial charge in [-0.15, -0.1) is 0 Å². The van der Waals surface area contributed by atoms with Gasteiger partial charge < -0.3 is 9.88 Å². The van der Waals surface area contributed by atoms with Crippen LogP contribution in [0.2, 0.25) is 0 Å². The van der Waals surface area contributed by atoms with E-state index >= 15 is 0 Å². The van der Waals surface area contributed by atoms with Gasteiger partial charge in [0.2, 0.25) is 5.43 Å². The van der Waals surface area contributed by atoms with Crippen molar-refractivity contribution in [3.63, 3.8) is 0 Å². The first-order valence-corrected chi connectivity index (χ1v) is 7.19. The molecule has 0 unspecified atom stereocenters. The molecule has 4 heteroatoms. The molecule has 1 aromatic heterocycles. The lowest BCUT2D eigenvalue weighted by molar-refractivity contribution is 0.0954. The van der Waals surface area contributed by atoms with Crippen LogP contribution in [0.5, 0.6) is 0 Å². The number of hydrogen-bond donors (Lipinski definition) is 1. The molecule has 0 atom stereocenters. The van der Waals surface area contributed by atoms with Crippen molar-refractivity contribution < 1.29 is 4.79 Å². The molecule has 0 saturated heterocycles. The number of nitrogens with one attached hydrogen (secondary N) is 1. The predicted molar refractivity (Wildman–Crippen MR) is 86.1 cm³/mol. The summed E-state index contributed by atoms with van der Waals surface area (Å²) in [6.07, 6.45) is 1.64. The first kappa shape index (κ1) is 15.3. The number of amides is 1. The van der Waals surface area contributed by atoms with E-state index in [9.17, 15) is 9.59 Å². The van der Waals surface area contributed by atoms with Crippen LogP contribution >= 0.6 is 0 Å². The van der Waals surface area contributed by atoms with Crippen LogP contribution in [0.25, 0.3) is 10.9 Å². The molecule has 0 saturated carbocycles. The number of hydrogen-bond acceptors (Lipinski definition) is 2. The van der Waals surface area contributed by atoms with Gasteiger partial charge in [0.25, 0.3) is 5.91 Å². The Kier molecular flexibility index (Phi) is 3.90. The first-order valence-electron chi connectivity index (χ1n) is 7.19. The van der Waals surface area contributed by atoms with Gasteiger partial charge >= 0.3 is 0 Å². The molecular weight excluding hydrogens is 264 g/mol. The van der Waals surface area contributed by atoms with Crippen LogP contribution in [0.4, 0.5) is 0 Å². The van der Waals surface area contributed by atoms with E-state index in [0.29, 0.717) is 11.9 Å². The van der Waals surface area contributed by atoms with E-state index in [1.807, 2.05) is 39.3 Å². The second-order valence-electron chi connectivity index (χ2n) is 5.57. The molecule has 0 spiro atoms. The van der Waals surface area contributed by atoms with Crippen LogP contribution in [0.1, 0.15) is 39.5 Å². The van der Waals surface area contributed by atoms with Crippen LogP contribution < -0.4 is 10.7 Å². The molecule has 4 nitrogen and oxygen atoms in total. The number of fused-ring (bicyclic) bond motifs is 1. The Bertz CT molecular complexity index is 801. The summed E-state index contributed by atoms with van der Waals surface area (Å²) in [6.45, 7) is 10.4. The van der Waals surface area contributed by atoms with E-state index in [1.54, 1.807) is 6.20 Å². The lowest BCUT2D eigenvalue weighted by atomic mass is 9.93. The maximum Gasteiger partial charge on any atom is 0.256 e. The predicted octanol–water partition coefficient (Wildman–Crippen LogP) is 2.52. The van der Waals surface area contributed by atoms with Gasteiger partial charge in [0, 0.05) is 25.2 Å². The van der Waals surface area contributed by atoms with Gasteiger partial charge in [0.15, 0.2) is 0 Å². The number of rotatable bonds is 2. The molecular formula is C17H22N2O2. The number of carbonyl (C=O) groups excluding carboxylic acids is 1. The molecule has 0 fully saturated rings. The Morgan fingerprint density at radius 3 is 2.24 bits per heavy atom. The fourth-order valence-corrected chi connectivity index (χ4v) is 2.88. The fraction of sp³-hybridized carbons (Fsp3) is 0.412. The molecule has 21 heavy (non-hydrogen) atoms. The number of aromatic nitrogens is 1. The summed E-state index contributed by atoms with van der Waals surface area (Å²) < 4.78 is 1.88. The van der Waals surface area contributed by atoms with E-state index < -0.39 is 0 Å². The van der Waals surface area contributed by atoms with Gasteiger partial charge in [-0.1, -0.05) is 0 Å². The van der Waals surface area contributed by atoms with Crippen LogP contribution in [-0.4, -0.2) is 17.0 Å². The molecule has 0 aliphatic rings. The van der Waals surface area contributed by atoms with Crippen molar-refractivity contribution in [2.24, 2.45) is 7.05 Å². The largest absolute Gasteiger partial charge is 0.352 e. The van der Waals surface area contributed by atoms with Crippen LogP contribution in [0.15, 0.2) is 11.0 Å². The van der Waals surface area contributed by atoms with Gasteiger partial charge in [0.05, 0.1) is 5.52 Å². The smallest absolute Gasteiger partial charge is 0.256 e. The highest BCUT2D eigenvalue weighted by molar-refractivity contribution is 5.99. The molecule has 0 aliphatic carbocycles. The van der Waals surface area contributed by atoms with Crippen molar-refractivity contribution in [2.75, 3.05) is 6.54 Å². The average molecular weight is 286 g/mol. The zero-order valence-corrected chi connectivity index (χ0v) is 13.5. The van der Waals surface area contributed by atoms with E-state index in [2.05, 4.69) is 12.2 Å². The second-order valence-corrected chi connectivity index (χ2v) is 5.57. The van der Waals surface area contributed by atoms with Crippen molar-refractivity contribution in [3.05, 3.63) is 44.2 Å². The Balaban J connectivity index is 2.98. The van der Waals surface area contributed by atoms with Crippen molar-refractivity contribution in [2.45, 2.75) is 34.6 Å². The Morgan fingerprint density at radius 2 is 1.67 bits per heavy atom. The summed E-state index contributed by atoms with van der Waals surface area (Å²) in [5.74, 6) is -0.310. The molecule has 1 aromatic carbocycles. The van der Waals surface area contributed by atoms with Crippen LogP contribution in [0.3, 0.4) is 0 Å². The van der Waals surface area contributed by atoms with E-state index in [0.717, 1.165) is 22.2 Å². The van der Waals surface area contributed by atoms with Crippen molar-refractivity contribution >= 4 is 16.8 Å². The number of aryl methyl sites for hydroxylation is 3. The highest BCUT2D eigenvalue weighted by atomic mass is 16.2. The summed E-state index contributed by atoms with van der Waals surface area (Å²) in [7, 11) is 1.88. The first-order chi connectivity index (χ1) is 9.81. The summed E-state index contributed by atoms with van der Waals surface area (Å²) in [5.41, 5.74) is 5.30. The number of benzene rings is 1. The lowest BCUT2D eigenvalue weighted by Gasteiger charge is -2.17. The molecule has 112 valence electrons. The summed E-state index contributed by atoms with van der Waals surface area (Å²) >= 11 is 0. The summed E-state index contributed by atoms with van der Waals surface area (Å²) in [6, 6.07) is 0. The van der Waals surface area contributed by atoms with Gasteiger partial charge in [-0.2, -0.15) is 0 Å². The summed E-state index contributed by atoms with van der Waals surface area (Å²) in [4.78, 5) is 24.8. The van der Waals surface area contributed by atoms with Crippen LogP contribution in [0, 0.1) is 27.7 Å². The number of nitrogens with zero attached hydrogens (tertiary/aromatic N) is 1. The SMILES string of the molecule is CCNC(=O)c1cn(C)c2c(C)c(C)c(C)c(C)c2c1=O. The maximum atomic E-state index is 12.8. The standard InChI is InChI=1S/C17H22N2O2/c1-7-18-17(21)13-8-19(6)15-12(5)10(3)9(2)11(4)14(15)16(13)20/h8H,7H2,1-6H3,(H,18,21). The Morgan fingerprint density at radius 1 is 1.10 bits per heavy atom. The van der Waals surface area contributed by atoms with Gasteiger partial charge in [0.1, 0.15) is 5.56 Å². The Labute approximate surface area is 124 Å². The monoisotopic (exact) mass is 286 g/mol. The topological polar surface area (TPSA) is 51.1 Å². The number of carbonyl (C=O) groups is 1. The van der Waals surface area contributed by atoms with E-state index in [-0.39, 0.29) is 16.9 Å². The van der Waals surface area contributed by atoms with Crippen LogP contribution in [-0.2, 0) is 7.05 Å². The van der Waals surface area contributed by atoms with E-state index in [1.165, 1.54) is 5.56 Å². The van der Waals surface area contributed by atoms with Crippen molar-refractivity contribution in [1.29, 1.82) is 0 Å². The average Bonchev–Trinajstić information content (AvgIpc) is 2.44. The minimum Gasteiger partial charge on any atom is -0.352 e. The minimum absolute atomic E-state index is 0.183. The third-order valence-electron chi connectivity index (χ3n) is 4.38. The summed E-state index contributed by atoms with van der Waals surface area (Å²) in [5, 5.41) is 3.36. The zero-order chi connectivity index (χ0) is 15.9. The molecule has 0 aliphatic heterocycles. The minimum atomic E-state index is -0.310. The third kappa shape index (κ3) is 2.24. The molecule has 1 N–H and O–H groups in total. The fourth-order valence-electron chi connectivity index (χ4n) is 2.88. The molecule has 2 rings (SSSR count). The highest BCUT2D eigenvalue weighted by Crippen LogP contribution is 2.26. The number of pyridine rings is 1. The molecule has 2 aromatic rings. The van der Waals surface area contributed by atoms with Gasteiger partial charge in [-0.3, -0.25) is 9.59 Å². The quantitative estimate of drug-likeness (QED) is 0.922. The van der Waals surface area contributed by atoms with Crippen molar-refractivity contribution in [1.82, 2.24) is 9.88 Å². The highest BCUT2D eigenvalue weighted by Gasteiger charge is 2.19. The van der Waals surface area contributed by atoms with Gasteiger partial charge in [-0.25, -0.2) is 0 Å². The normalized spacial score (nSPS) is 11.0.